The summed E-state index contributed by atoms with van der Waals surface area (Å²) in [7, 11) is -3.02. The number of sulfone groups is 1. The standard InChI is InChI=1S/C16H25NO2S2/c1-20-16-9-5-6-10-17(13-16)11-12-21(18,19)14-15-7-3-2-4-8-15/h2-4,7-8,16H,5-6,9-14H2,1H3/t16-/m1/s1. The average molecular weight is 328 g/mol. The van der Waals surface area contributed by atoms with Crippen molar-refractivity contribution in [3.8, 4) is 0 Å². The molecule has 3 nitrogen and oxygen atoms in total. The first-order valence-corrected chi connectivity index (χ1v) is 10.7. The van der Waals surface area contributed by atoms with Crippen molar-refractivity contribution >= 4 is 21.6 Å². The maximum atomic E-state index is 12.2. The Morgan fingerprint density at radius 1 is 1.24 bits per heavy atom. The highest BCUT2D eigenvalue weighted by atomic mass is 32.2. The highest BCUT2D eigenvalue weighted by Crippen LogP contribution is 2.20. The highest BCUT2D eigenvalue weighted by Gasteiger charge is 2.19. The molecule has 0 radical (unpaired) electrons. The van der Waals surface area contributed by atoms with E-state index < -0.39 is 9.84 Å². The lowest BCUT2D eigenvalue weighted by atomic mass is 10.2. The molecule has 21 heavy (non-hydrogen) atoms. The van der Waals surface area contributed by atoms with Gasteiger partial charge in [-0.3, -0.25) is 0 Å². The van der Waals surface area contributed by atoms with Gasteiger partial charge in [0.15, 0.2) is 9.84 Å². The maximum absolute atomic E-state index is 12.2. The molecule has 1 aromatic rings. The van der Waals surface area contributed by atoms with Crippen molar-refractivity contribution in [3.63, 3.8) is 0 Å². The molecule has 0 N–H and O–H groups in total. The van der Waals surface area contributed by atoms with Gasteiger partial charge in [0, 0.05) is 18.3 Å². The lowest BCUT2D eigenvalue weighted by molar-refractivity contribution is 0.304. The molecule has 1 aromatic carbocycles. The number of nitrogens with zero attached hydrogens (tertiary/aromatic N) is 1. The Hall–Kier alpha value is -0.520. The fourth-order valence-corrected chi connectivity index (χ4v) is 4.89. The summed E-state index contributed by atoms with van der Waals surface area (Å²) in [6, 6.07) is 9.46. The van der Waals surface area contributed by atoms with Crippen molar-refractivity contribution in [2.75, 3.05) is 31.6 Å². The van der Waals surface area contributed by atoms with E-state index in [2.05, 4.69) is 11.2 Å². The van der Waals surface area contributed by atoms with Crippen molar-refractivity contribution in [1.82, 2.24) is 4.90 Å². The van der Waals surface area contributed by atoms with Gasteiger partial charge in [0.05, 0.1) is 11.5 Å². The Kier molecular flexibility index (Phi) is 6.58. The predicted molar refractivity (Wildman–Crippen MR) is 91.5 cm³/mol. The zero-order valence-corrected chi connectivity index (χ0v) is 14.3. The molecule has 1 heterocycles. The number of hydrogen-bond acceptors (Lipinski definition) is 4. The van der Waals surface area contributed by atoms with Crippen LogP contribution in [0, 0.1) is 0 Å². The predicted octanol–water partition coefficient (Wildman–Crippen LogP) is 2.82. The topological polar surface area (TPSA) is 37.4 Å². The molecule has 118 valence electrons. The largest absolute Gasteiger partial charge is 0.301 e. The van der Waals surface area contributed by atoms with Gasteiger partial charge in [0.25, 0.3) is 0 Å². The summed E-state index contributed by atoms with van der Waals surface area (Å²) in [5, 5.41) is 0.657. The van der Waals surface area contributed by atoms with Crippen LogP contribution in [-0.2, 0) is 15.6 Å². The second-order valence-corrected chi connectivity index (χ2v) is 9.05. The van der Waals surface area contributed by atoms with Gasteiger partial charge in [0.1, 0.15) is 0 Å². The zero-order chi connectivity index (χ0) is 15.1. The molecule has 2 rings (SSSR count). The molecule has 0 bridgehead atoms. The van der Waals surface area contributed by atoms with Crippen LogP contribution in [0.25, 0.3) is 0 Å². The van der Waals surface area contributed by atoms with Crippen molar-refractivity contribution in [2.24, 2.45) is 0 Å². The van der Waals surface area contributed by atoms with Crippen LogP contribution in [0.4, 0.5) is 0 Å². The third-order valence-corrected chi connectivity index (χ3v) is 6.62. The molecule has 0 saturated carbocycles. The van der Waals surface area contributed by atoms with Crippen LogP contribution in [0.3, 0.4) is 0 Å². The number of rotatable bonds is 6. The molecule has 1 atom stereocenters. The van der Waals surface area contributed by atoms with E-state index in [-0.39, 0.29) is 11.5 Å². The van der Waals surface area contributed by atoms with E-state index in [4.69, 9.17) is 0 Å². The number of benzene rings is 1. The van der Waals surface area contributed by atoms with E-state index in [0.717, 1.165) is 18.7 Å². The first-order chi connectivity index (χ1) is 10.1. The lowest BCUT2D eigenvalue weighted by Gasteiger charge is -2.23. The fraction of sp³-hybridized carbons (Fsp3) is 0.625. The van der Waals surface area contributed by atoms with Crippen LogP contribution < -0.4 is 0 Å². The maximum Gasteiger partial charge on any atom is 0.155 e. The van der Waals surface area contributed by atoms with Crippen LogP contribution in [0.5, 0.6) is 0 Å². The van der Waals surface area contributed by atoms with Gasteiger partial charge in [-0.05, 0) is 31.2 Å². The smallest absolute Gasteiger partial charge is 0.155 e. The number of likely N-dealkylation sites (tertiary alicyclic amines) is 1. The van der Waals surface area contributed by atoms with Gasteiger partial charge in [-0.1, -0.05) is 36.8 Å². The Bertz CT molecular complexity index is 516. The van der Waals surface area contributed by atoms with Crippen molar-refractivity contribution in [3.05, 3.63) is 35.9 Å². The Labute approximate surface area is 133 Å². The number of thioether (sulfide) groups is 1. The second-order valence-electron chi connectivity index (χ2n) is 5.73. The molecule has 1 fully saturated rings. The fourth-order valence-electron chi connectivity index (χ4n) is 2.74. The second kappa shape index (κ2) is 8.20. The van der Waals surface area contributed by atoms with Gasteiger partial charge in [-0.25, -0.2) is 8.42 Å². The minimum Gasteiger partial charge on any atom is -0.301 e. The van der Waals surface area contributed by atoms with Gasteiger partial charge < -0.3 is 4.90 Å². The molecular weight excluding hydrogens is 302 g/mol. The normalized spacial score (nSPS) is 21.1. The molecule has 1 aliphatic heterocycles. The van der Waals surface area contributed by atoms with Crippen LogP contribution in [0.1, 0.15) is 24.8 Å². The van der Waals surface area contributed by atoms with Crippen LogP contribution >= 0.6 is 11.8 Å². The molecule has 0 aromatic heterocycles. The van der Waals surface area contributed by atoms with Crippen molar-refractivity contribution in [2.45, 2.75) is 30.3 Å². The van der Waals surface area contributed by atoms with E-state index in [0.29, 0.717) is 11.8 Å². The van der Waals surface area contributed by atoms with Crippen LogP contribution in [0.2, 0.25) is 0 Å². The summed E-state index contributed by atoms with van der Waals surface area (Å²) in [6.07, 6.45) is 5.86. The van der Waals surface area contributed by atoms with E-state index in [9.17, 15) is 8.42 Å². The molecule has 1 saturated heterocycles. The summed E-state index contributed by atoms with van der Waals surface area (Å²) >= 11 is 1.91. The Morgan fingerprint density at radius 3 is 2.71 bits per heavy atom. The highest BCUT2D eigenvalue weighted by molar-refractivity contribution is 7.99. The Morgan fingerprint density at radius 2 is 2.00 bits per heavy atom. The molecular formula is C16H25NO2S2. The van der Waals surface area contributed by atoms with Crippen molar-refractivity contribution in [1.29, 1.82) is 0 Å². The quantitative estimate of drug-likeness (QED) is 0.805. The third kappa shape index (κ3) is 6.01. The minimum atomic E-state index is -3.02. The average Bonchev–Trinajstić information content (AvgIpc) is 2.71. The van der Waals surface area contributed by atoms with Crippen LogP contribution in [-0.4, -0.2) is 50.2 Å². The summed E-state index contributed by atoms with van der Waals surface area (Å²) in [4.78, 5) is 2.33. The molecule has 0 spiro atoms. The molecule has 1 aliphatic rings. The number of hydrogen-bond donors (Lipinski definition) is 0. The van der Waals surface area contributed by atoms with E-state index in [1.165, 1.54) is 19.3 Å². The molecule has 5 heteroatoms. The Balaban J connectivity index is 1.86. The van der Waals surface area contributed by atoms with Gasteiger partial charge in [-0.2, -0.15) is 11.8 Å². The van der Waals surface area contributed by atoms with E-state index in [1.807, 2.05) is 42.1 Å². The van der Waals surface area contributed by atoms with E-state index in [1.54, 1.807) is 0 Å². The molecule has 0 aliphatic carbocycles. The first kappa shape index (κ1) is 16.8. The van der Waals surface area contributed by atoms with Crippen molar-refractivity contribution < 1.29 is 8.42 Å². The third-order valence-electron chi connectivity index (χ3n) is 3.99. The van der Waals surface area contributed by atoms with E-state index >= 15 is 0 Å². The van der Waals surface area contributed by atoms with Crippen LogP contribution in [0.15, 0.2) is 30.3 Å². The van der Waals surface area contributed by atoms with Gasteiger partial charge in [0.2, 0.25) is 0 Å². The monoisotopic (exact) mass is 327 g/mol. The van der Waals surface area contributed by atoms with Gasteiger partial charge in [-0.15, -0.1) is 0 Å². The lowest BCUT2D eigenvalue weighted by Crippen LogP contribution is -2.34. The molecule has 0 unspecified atom stereocenters. The molecule has 0 amide bonds. The first-order valence-electron chi connectivity index (χ1n) is 7.58. The van der Waals surface area contributed by atoms with Gasteiger partial charge >= 0.3 is 0 Å². The SMILES string of the molecule is CS[C@@H]1CCCCN(CCS(=O)(=O)Cc2ccccc2)C1. The minimum absolute atomic E-state index is 0.160. The summed E-state index contributed by atoms with van der Waals surface area (Å²) in [5.74, 6) is 0.427. The summed E-state index contributed by atoms with van der Waals surface area (Å²) < 4.78 is 24.5. The zero-order valence-electron chi connectivity index (χ0n) is 12.7. The summed E-state index contributed by atoms with van der Waals surface area (Å²) in [5.41, 5.74) is 0.885. The summed E-state index contributed by atoms with van der Waals surface area (Å²) in [6.45, 7) is 2.74.